The molecule has 0 spiro atoms. The summed E-state index contributed by atoms with van der Waals surface area (Å²) in [5, 5.41) is 8.55. The molecule has 19 heavy (non-hydrogen) atoms. The van der Waals surface area contributed by atoms with Crippen molar-refractivity contribution in [1.82, 2.24) is 4.90 Å². The Labute approximate surface area is 107 Å². The minimum Gasteiger partial charge on any atom is -0.481 e. The maximum absolute atomic E-state index is 13.6. The molecule has 1 N–H and O–H groups in total. The third-order valence-corrected chi connectivity index (χ3v) is 2.72. The molecule has 0 fully saturated rings. The van der Waals surface area contributed by atoms with Crippen molar-refractivity contribution < 1.29 is 23.9 Å². The maximum Gasteiger partial charge on any atom is 0.305 e. The number of carbonyl (C=O) groups excluding carboxylic acids is 2. The summed E-state index contributed by atoms with van der Waals surface area (Å²) in [6.07, 6.45) is 0.693. The first kappa shape index (κ1) is 12.9. The van der Waals surface area contributed by atoms with E-state index in [-0.39, 0.29) is 24.1 Å². The van der Waals surface area contributed by atoms with E-state index in [4.69, 9.17) is 5.11 Å². The van der Waals surface area contributed by atoms with Crippen LogP contribution in [0.25, 0.3) is 5.57 Å². The van der Waals surface area contributed by atoms with Gasteiger partial charge >= 0.3 is 5.97 Å². The Bertz CT molecular complexity index is 594. The fraction of sp³-hybridized carbons (Fsp3) is 0.154. The number of rotatable bonds is 4. The molecule has 1 aliphatic heterocycles. The molecule has 1 aliphatic rings. The SMILES string of the molecule is O=C(O)CCN1C(=O)C=C(c2ccccc2F)C1=O. The van der Waals surface area contributed by atoms with Crippen LogP contribution in [0.5, 0.6) is 0 Å². The van der Waals surface area contributed by atoms with Crippen LogP contribution in [0.3, 0.4) is 0 Å². The van der Waals surface area contributed by atoms with E-state index < -0.39 is 23.6 Å². The zero-order valence-electron chi connectivity index (χ0n) is 9.80. The number of nitrogens with zero attached hydrogens (tertiary/aromatic N) is 1. The van der Waals surface area contributed by atoms with Crippen LogP contribution in [0.4, 0.5) is 4.39 Å². The molecule has 1 aromatic rings. The van der Waals surface area contributed by atoms with Crippen LogP contribution in [-0.2, 0) is 14.4 Å². The predicted molar refractivity (Wildman–Crippen MR) is 63.3 cm³/mol. The molecule has 0 aromatic heterocycles. The van der Waals surface area contributed by atoms with Crippen LogP contribution in [-0.4, -0.2) is 34.3 Å². The molecule has 0 radical (unpaired) electrons. The molecular weight excluding hydrogens is 253 g/mol. The topological polar surface area (TPSA) is 74.7 Å². The summed E-state index contributed by atoms with van der Waals surface area (Å²) in [6, 6.07) is 5.61. The van der Waals surface area contributed by atoms with Gasteiger partial charge in [-0.25, -0.2) is 4.39 Å². The first-order chi connectivity index (χ1) is 9.00. The van der Waals surface area contributed by atoms with Crippen molar-refractivity contribution in [3.8, 4) is 0 Å². The van der Waals surface area contributed by atoms with Gasteiger partial charge in [-0.05, 0) is 6.07 Å². The van der Waals surface area contributed by atoms with Crippen LogP contribution in [0, 0.1) is 5.82 Å². The Kier molecular flexibility index (Phi) is 3.41. The smallest absolute Gasteiger partial charge is 0.305 e. The molecule has 0 bridgehead atoms. The lowest BCUT2D eigenvalue weighted by Gasteiger charge is -2.13. The molecule has 0 aliphatic carbocycles. The van der Waals surface area contributed by atoms with Gasteiger partial charge in [0.25, 0.3) is 11.8 Å². The van der Waals surface area contributed by atoms with Crippen molar-refractivity contribution in [2.45, 2.75) is 6.42 Å². The molecular formula is C13H10FNO4. The van der Waals surface area contributed by atoms with Crippen molar-refractivity contribution in [3.05, 3.63) is 41.7 Å². The summed E-state index contributed by atoms with van der Waals surface area (Å²) in [7, 11) is 0. The second kappa shape index (κ2) is 5.01. The molecule has 0 atom stereocenters. The monoisotopic (exact) mass is 263 g/mol. The highest BCUT2D eigenvalue weighted by Crippen LogP contribution is 2.25. The van der Waals surface area contributed by atoms with E-state index >= 15 is 0 Å². The number of hydrogen-bond donors (Lipinski definition) is 1. The Balaban J connectivity index is 2.24. The summed E-state index contributed by atoms with van der Waals surface area (Å²) in [6.45, 7) is -0.221. The number of hydrogen-bond acceptors (Lipinski definition) is 3. The van der Waals surface area contributed by atoms with Gasteiger partial charge < -0.3 is 5.11 Å². The third-order valence-electron chi connectivity index (χ3n) is 2.72. The van der Waals surface area contributed by atoms with Gasteiger partial charge in [-0.2, -0.15) is 0 Å². The Morgan fingerprint density at radius 1 is 1.26 bits per heavy atom. The highest BCUT2D eigenvalue weighted by Gasteiger charge is 2.32. The summed E-state index contributed by atoms with van der Waals surface area (Å²) < 4.78 is 13.6. The molecule has 5 nitrogen and oxygen atoms in total. The van der Waals surface area contributed by atoms with Gasteiger partial charge in [0, 0.05) is 18.2 Å². The molecule has 6 heteroatoms. The second-order valence-corrected chi connectivity index (χ2v) is 3.98. The number of carboxylic acids is 1. The molecule has 98 valence electrons. The summed E-state index contributed by atoms with van der Waals surface area (Å²) in [5.74, 6) is -3.00. The lowest BCUT2D eigenvalue weighted by Crippen LogP contribution is -2.32. The van der Waals surface area contributed by atoms with E-state index in [1.165, 1.54) is 18.2 Å². The molecule has 1 heterocycles. The fourth-order valence-corrected chi connectivity index (χ4v) is 1.80. The van der Waals surface area contributed by atoms with Gasteiger partial charge in [0.1, 0.15) is 5.82 Å². The minimum atomic E-state index is -1.11. The Morgan fingerprint density at radius 2 is 1.95 bits per heavy atom. The predicted octanol–water partition coefficient (Wildman–Crippen LogP) is 1.05. The first-order valence-electron chi connectivity index (χ1n) is 5.55. The first-order valence-corrected chi connectivity index (χ1v) is 5.55. The van der Waals surface area contributed by atoms with Crippen LogP contribution < -0.4 is 0 Å². The number of halogens is 1. The van der Waals surface area contributed by atoms with E-state index in [2.05, 4.69) is 0 Å². The highest BCUT2D eigenvalue weighted by atomic mass is 19.1. The van der Waals surface area contributed by atoms with Crippen LogP contribution in [0.1, 0.15) is 12.0 Å². The van der Waals surface area contributed by atoms with Crippen LogP contribution in [0.15, 0.2) is 30.3 Å². The van der Waals surface area contributed by atoms with Gasteiger partial charge in [-0.15, -0.1) is 0 Å². The average Bonchev–Trinajstić information content (AvgIpc) is 2.63. The van der Waals surface area contributed by atoms with Crippen molar-refractivity contribution in [1.29, 1.82) is 0 Å². The molecule has 1 aromatic carbocycles. The van der Waals surface area contributed by atoms with Gasteiger partial charge in [0.15, 0.2) is 0 Å². The van der Waals surface area contributed by atoms with E-state index in [1.54, 1.807) is 6.07 Å². The summed E-state index contributed by atoms with van der Waals surface area (Å²) >= 11 is 0. The number of amides is 2. The maximum atomic E-state index is 13.6. The normalized spacial score (nSPS) is 14.8. The lowest BCUT2D eigenvalue weighted by atomic mass is 10.1. The van der Waals surface area contributed by atoms with Crippen LogP contribution >= 0.6 is 0 Å². The highest BCUT2D eigenvalue weighted by molar-refractivity contribution is 6.33. The van der Waals surface area contributed by atoms with Gasteiger partial charge in [0.05, 0.1) is 12.0 Å². The second-order valence-electron chi connectivity index (χ2n) is 3.98. The third kappa shape index (κ3) is 2.52. The summed E-state index contributed by atoms with van der Waals surface area (Å²) in [4.78, 5) is 34.8. The number of benzene rings is 1. The summed E-state index contributed by atoms with van der Waals surface area (Å²) in [5.41, 5.74) is -0.00726. The van der Waals surface area contributed by atoms with Gasteiger partial charge in [0.2, 0.25) is 0 Å². The molecule has 0 saturated heterocycles. The number of imide groups is 1. The van der Waals surface area contributed by atoms with Crippen molar-refractivity contribution in [2.75, 3.05) is 6.54 Å². The minimum absolute atomic E-state index is 0.0404. The van der Waals surface area contributed by atoms with Crippen molar-refractivity contribution in [2.24, 2.45) is 0 Å². The number of aliphatic carboxylic acids is 1. The quantitative estimate of drug-likeness (QED) is 0.824. The van der Waals surface area contributed by atoms with Gasteiger partial charge in [-0.1, -0.05) is 18.2 Å². The van der Waals surface area contributed by atoms with E-state index in [0.717, 1.165) is 11.0 Å². The molecule has 0 saturated carbocycles. The largest absolute Gasteiger partial charge is 0.481 e. The van der Waals surface area contributed by atoms with Crippen molar-refractivity contribution in [3.63, 3.8) is 0 Å². The standard InChI is InChI=1S/C13H10FNO4/c14-10-4-2-1-3-8(10)9-7-11(16)15(13(9)19)6-5-12(17)18/h1-4,7H,5-6H2,(H,17,18). The Morgan fingerprint density at radius 3 is 2.58 bits per heavy atom. The molecule has 0 unspecified atom stereocenters. The Hall–Kier alpha value is -2.50. The van der Waals surface area contributed by atoms with E-state index in [0.29, 0.717) is 0 Å². The zero-order chi connectivity index (χ0) is 14.0. The zero-order valence-corrected chi connectivity index (χ0v) is 9.80. The van der Waals surface area contributed by atoms with Crippen molar-refractivity contribution >= 4 is 23.4 Å². The number of carbonyl (C=O) groups is 3. The lowest BCUT2D eigenvalue weighted by molar-refractivity contribution is -0.139. The number of carboxylic acid groups (broad SMARTS) is 1. The molecule has 2 amide bonds. The van der Waals surface area contributed by atoms with Crippen LogP contribution in [0.2, 0.25) is 0 Å². The molecule has 2 rings (SSSR count). The fourth-order valence-electron chi connectivity index (χ4n) is 1.80. The van der Waals surface area contributed by atoms with E-state index in [1.807, 2.05) is 0 Å². The van der Waals surface area contributed by atoms with E-state index in [9.17, 15) is 18.8 Å². The van der Waals surface area contributed by atoms with Gasteiger partial charge in [-0.3, -0.25) is 19.3 Å². The average molecular weight is 263 g/mol.